The van der Waals surface area contributed by atoms with Gasteiger partial charge in [-0.15, -0.1) is 0 Å². The highest BCUT2D eigenvalue weighted by atomic mass is 16.5. The van der Waals surface area contributed by atoms with Gasteiger partial charge in [-0.25, -0.2) is 0 Å². The van der Waals surface area contributed by atoms with E-state index >= 15 is 0 Å². The van der Waals surface area contributed by atoms with Crippen LogP contribution in [-0.4, -0.2) is 12.6 Å². The second-order valence-electron chi connectivity index (χ2n) is 4.36. The van der Waals surface area contributed by atoms with Gasteiger partial charge in [0.1, 0.15) is 0 Å². The molecule has 1 fully saturated rings. The Labute approximate surface area is 85.3 Å². The lowest BCUT2D eigenvalue weighted by molar-refractivity contribution is -0.151. The van der Waals surface area contributed by atoms with Crippen LogP contribution in [0.2, 0.25) is 0 Å². The first-order valence-electron chi connectivity index (χ1n) is 5.64. The standard InChI is InChI=1S/C12H18O2/c1-2-14-12(13)11-7-6-9-4-3-5-10(11)8-9/h3-4,9-11H,2,5-8H2,1H3. The number of allylic oxidation sites excluding steroid dienone is 2. The fourth-order valence-electron chi connectivity index (χ4n) is 2.74. The molecule has 0 N–H and O–H groups in total. The van der Waals surface area contributed by atoms with Crippen molar-refractivity contribution in [2.75, 3.05) is 6.61 Å². The predicted octanol–water partition coefficient (Wildman–Crippen LogP) is 2.54. The molecule has 78 valence electrons. The zero-order chi connectivity index (χ0) is 9.97. The van der Waals surface area contributed by atoms with Gasteiger partial charge in [-0.3, -0.25) is 4.79 Å². The monoisotopic (exact) mass is 194 g/mol. The van der Waals surface area contributed by atoms with Gasteiger partial charge in [0.05, 0.1) is 12.5 Å². The van der Waals surface area contributed by atoms with E-state index in [1.165, 1.54) is 6.42 Å². The van der Waals surface area contributed by atoms with E-state index in [9.17, 15) is 4.79 Å². The molecule has 0 aromatic carbocycles. The molecule has 14 heavy (non-hydrogen) atoms. The van der Waals surface area contributed by atoms with Crippen molar-refractivity contribution in [2.24, 2.45) is 17.8 Å². The third-order valence-corrected chi connectivity index (χ3v) is 3.46. The van der Waals surface area contributed by atoms with Gasteiger partial charge in [0.2, 0.25) is 0 Å². The molecule has 0 aliphatic heterocycles. The summed E-state index contributed by atoms with van der Waals surface area (Å²) in [7, 11) is 0. The number of ether oxygens (including phenoxy) is 1. The van der Waals surface area contributed by atoms with Crippen LogP contribution in [0, 0.1) is 17.8 Å². The van der Waals surface area contributed by atoms with Crippen LogP contribution in [0.3, 0.4) is 0 Å². The molecular weight excluding hydrogens is 176 g/mol. The lowest BCUT2D eigenvalue weighted by Gasteiger charge is -2.35. The molecule has 0 spiro atoms. The summed E-state index contributed by atoms with van der Waals surface area (Å²) >= 11 is 0. The summed E-state index contributed by atoms with van der Waals surface area (Å²) < 4.78 is 5.11. The first-order chi connectivity index (χ1) is 6.81. The second-order valence-corrected chi connectivity index (χ2v) is 4.36. The summed E-state index contributed by atoms with van der Waals surface area (Å²) in [6.07, 6.45) is 9.01. The molecule has 2 nitrogen and oxygen atoms in total. The quantitative estimate of drug-likeness (QED) is 0.499. The maximum Gasteiger partial charge on any atom is 0.309 e. The van der Waals surface area contributed by atoms with Crippen molar-refractivity contribution >= 4 is 5.97 Å². The van der Waals surface area contributed by atoms with Gasteiger partial charge in [0.15, 0.2) is 0 Å². The molecule has 0 radical (unpaired) electrons. The average molecular weight is 194 g/mol. The van der Waals surface area contributed by atoms with Crippen LogP contribution in [0.15, 0.2) is 12.2 Å². The predicted molar refractivity (Wildman–Crippen MR) is 54.7 cm³/mol. The first kappa shape index (κ1) is 9.75. The molecule has 0 heterocycles. The van der Waals surface area contributed by atoms with E-state index in [0.717, 1.165) is 25.2 Å². The number of hydrogen-bond acceptors (Lipinski definition) is 2. The van der Waals surface area contributed by atoms with E-state index in [1.807, 2.05) is 6.92 Å². The van der Waals surface area contributed by atoms with E-state index in [2.05, 4.69) is 12.2 Å². The van der Waals surface area contributed by atoms with Crippen LogP contribution >= 0.6 is 0 Å². The summed E-state index contributed by atoms with van der Waals surface area (Å²) in [5.74, 6) is 1.50. The number of esters is 1. The van der Waals surface area contributed by atoms with Crippen molar-refractivity contribution in [3.63, 3.8) is 0 Å². The summed E-state index contributed by atoms with van der Waals surface area (Å²) in [4.78, 5) is 11.7. The van der Waals surface area contributed by atoms with Crippen molar-refractivity contribution in [2.45, 2.75) is 32.6 Å². The molecule has 3 atom stereocenters. The molecule has 2 aliphatic rings. The maximum atomic E-state index is 11.7. The van der Waals surface area contributed by atoms with E-state index in [4.69, 9.17) is 4.74 Å². The fourth-order valence-corrected chi connectivity index (χ4v) is 2.74. The molecule has 0 aromatic heterocycles. The van der Waals surface area contributed by atoms with Gasteiger partial charge in [-0.2, -0.15) is 0 Å². The van der Waals surface area contributed by atoms with Crippen molar-refractivity contribution < 1.29 is 9.53 Å². The number of carbonyl (C=O) groups is 1. The maximum absolute atomic E-state index is 11.7. The van der Waals surface area contributed by atoms with E-state index < -0.39 is 0 Å². The Morgan fingerprint density at radius 3 is 3.14 bits per heavy atom. The SMILES string of the molecule is CCOC(=O)C1CCC2C=CCC1C2. The highest BCUT2D eigenvalue weighted by molar-refractivity contribution is 5.73. The fraction of sp³-hybridized carbons (Fsp3) is 0.750. The Balaban J connectivity index is 2.00. The van der Waals surface area contributed by atoms with Gasteiger partial charge in [0, 0.05) is 0 Å². The number of rotatable bonds is 2. The summed E-state index contributed by atoms with van der Waals surface area (Å²) in [6.45, 7) is 2.39. The first-order valence-corrected chi connectivity index (χ1v) is 5.64. The number of fused-ring (bicyclic) bond motifs is 2. The highest BCUT2D eigenvalue weighted by Crippen LogP contribution is 2.40. The largest absolute Gasteiger partial charge is 0.466 e. The molecule has 3 unspecified atom stereocenters. The lowest BCUT2D eigenvalue weighted by atomic mass is 9.70. The summed E-state index contributed by atoms with van der Waals surface area (Å²) in [6, 6.07) is 0. The zero-order valence-electron chi connectivity index (χ0n) is 8.74. The Morgan fingerprint density at radius 1 is 1.50 bits per heavy atom. The van der Waals surface area contributed by atoms with E-state index in [0.29, 0.717) is 12.5 Å². The molecular formula is C12H18O2. The van der Waals surface area contributed by atoms with Crippen molar-refractivity contribution in [3.8, 4) is 0 Å². The molecule has 2 aliphatic carbocycles. The Kier molecular flexibility index (Phi) is 2.90. The molecule has 0 aromatic rings. The Hall–Kier alpha value is -0.790. The van der Waals surface area contributed by atoms with Gasteiger partial charge in [0.25, 0.3) is 0 Å². The lowest BCUT2D eigenvalue weighted by Crippen LogP contribution is -2.33. The minimum atomic E-state index is 0.0336. The molecule has 2 rings (SSSR count). The zero-order valence-corrected chi connectivity index (χ0v) is 8.74. The van der Waals surface area contributed by atoms with Crippen LogP contribution in [0.1, 0.15) is 32.6 Å². The van der Waals surface area contributed by atoms with Crippen molar-refractivity contribution in [1.82, 2.24) is 0 Å². The van der Waals surface area contributed by atoms with Gasteiger partial charge < -0.3 is 4.74 Å². The third-order valence-electron chi connectivity index (χ3n) is 3.46. The van der Waals surface area contributed by atoms with Crippen LogP contribution in [0.4, 0.5) is 0 Å². The number of carbonyl (C=O) groups excluding carboxylic acids is 1. The molecule has 1 saturated carbocycles. The summed E-state index contributed by atoms with van der Waals surface area (Å²) in [5, 5.41) is 0. The van der Waals surface area contributed by atoms with Gasteiger partial charge in [-0.05, 0) is 44.4 Å². The van der Waals surface area contributed by atoms with Crippen LogP contribution in [0.5, 0.6) is 0 Å². The molecule has 2 heteroatoms. The smallest absolute Gasteiger partial charge is 0.309 e. The van der Waals surface area contributed by atoms with E-state index in [1.54, 1.807) is 0 Å². The minimum absolute atomic E-state index is 0.0336. The molecule has 0 saturated heterocycles. The van der Waals surface area contributed by atoms with Crippen molar-refractivity contribution in [1.29, 1.82) is 0 Å². The van der Waals surface area contributed by atoms with Crippen LogP contribution in [0.25, 0.3) is 0 Å². The average Bonchev–Trinajstić information content (AvgIpc) is 2.18. The molecule has 0 amide bonds. The van der Waals surface area contributed by atoms with Crippen LogP contribution in [-0.2, 0) is 9.53 Å². The van der Waals surface area contributed by atoms with Crippen LogP contribution < -0.4 is 0 Å². The van der Waals surface area contributed by atoms with Gasteiger partial charge >= 0.3 is 5.97 Å². The second kappa shape index (κ2) is 4.16. The topological polar surface area (TPSA) is 26.3 Å². The Morgan fingerprint density at radius 2 is 2.36 bits per heavy atom. The Bertz CT molecular complexity index is 245. The van der Waals surface area contributed by atoms with Gasteiger partial charge in [-0.1, -0.05) is 12.2 Å². The normalized spacial score (nSPS) is 35.4. The molecule has 2 bridgehead atoms. The third kappa shape index (κ3) is 1.84. The minimum Gasteiger partial charge on any atom is -0.466 e. The number of hydrogen-bond donors (Lipinski definition) is 0. The summed E-state index contributed by atoms with van der Waals surface area (Å²) in [5.41, 5.74) is 0. The highest BCUT2D eigenvalue weighted by Gasteiger charge is 2.35. The van der Waals surface area contributed by atoms with Crippen molar-refractivity contribution in [3.05, 3.63) is 12.2 Å². The van der Waals surface area contributed by atoms with E-state index in [-0.39, 0.29) is 11.9 Å².